The van der Waals surface area contributed by atoms with Crippen molar-refractivity contribution in [1.29, 1.82) is 0 Å². The third-order valence-corrected chi connectivity index (χ3v) is 6.04. The molecule has 1 aliphatic rings. The van der Waals surface area contributed by atoms with Gasteiger partial charge in [-0.3, -0.25) is 9.59 Å². The Morgan fingerprint density at radius 1 is 1.16 bits per heavy atom. The van der Waals surface area contributed by atoms with E-state index in [2.05, 4.69) is 10.3 Å². The van der Waals surface area contributed by atoms with E-state index in [4.69, 9.17) is 9.47 Å². The van der Waals surface area contributed by atoms with Crippen LogP contribution in [0.5, 0.6) is 11.5 Å². The minimum atomic E-state index is -0.369. The summed E-state index contributed by atoms with van der Waals surface area (Å²) < 4.78 is 10.7. The zero-order chi connectivity index (χ0) is 22.7. The first kappa shape index (κ1) is 21.6. The monoisotopic (exact) mass is 449 g/mol. The van der Waals surface area contributed by atoms with Gasteiger partial charge >= 0.3 is 0 Å². The molecule has 1 aliphatic heterocycles. The number of ether oxygens (including phenoxy) is 2. The van der Waals surface area contributed by atoms with Crippen LogP contribution in [0, 0.1) is 0 Å². The van der Waals surface area contributed by atoms with Crippen molar-refractivity contribution < 1.29 is 19.1 Å². The number of aromatic nitrogens is 1. The van der Waals surface area contributed by atoms with Gasteiger partial charge in [-0.15, -0.1) is 11.3 Å². The zero-order valence-corrected chi connectivity index (χ0v) is 18.8. The van der Waals surface area contributed by atoms with Crippen LogP contribution < -0.4 is 14.8 Å². The van der Waals surface area contributed by atoms with E-state index in [-0.39, 0.29) is 24.3 Å². The van der Waals surface area contributed by atoms with Crippen molar-refractivity contribution >= 4 is 34.4 Å². The van der Waals surface area contributed by atoms with E-state index in [1.165, 1.54) is 18.3 Å². The number of amides is 2. The molecule has 1 unspecified atom stereocenters. The summed E-state index contributed by atoms with van der Waals surface area (Å²) in [6.45, 7) is 1.50. The highest BCUT2D eigenvalue weighted by Gasteiger charge is 2.28. The van der Waals surface area contributed by atoms with Crippen LogP contribution in [0.4, 0.5) is 5.13 Å². The Morgan fingerprint density at radius 3 is 2.72 bits per heavy atom. The van der Waals surface area contributed by atoms with E-state index >= 15 is 0 Å². The summed E-state index contributed by atoms with van der Waals surface area (Å²) in [4.78, 5) is 31.2. The molecule has 32 heavy (non-hydrogen) atoms. The first-order chi connectivity index (χ1) is 15.5. The first-order valence-electron chi connectivity index (χ1n) is 10.0. The molecule has 0 spiro atoms. The minimum absolute atomic E-state index is 0.116. The Kier molecular flexibility index (Phi) is 6.23. The molecule has 1 aromatic heterocycles. The number of nitrogens with one attached hydrogen (secondary N) is 1. The lowest BCUT2D eigenvalue weighted by molar-refractivity contribution is -0.129. The van der Waals surface area contributed by atoms with Crippen LogP contribution in [0.2, 0.25) is 0 Å². The number of methoxy groups -OCH3 is 2. The Morgan fingerprint density at radius 2 is 1.97 bits per heavy atom. The summed E-state index contributed by atoms with van der Waals surface area (Å²) in [6.07, 6.45) is 3.75. The smallest absolute Gasteiger partial charge is 0.228 e. The first-order valence-corrected chi connectivity index (χ1v) is 10.9. The van der Waals surface area contributed by atoms with Crippen molar-refractivity contribution in [3.05, 3.63) is 65.2 Å². The van der Waals surface area contributed by atoms with Crippen LogP contribution in [0.1, 0.15) is 30.5 Å². The van der Waals surface area contributed by atoms with E-state index in [0.717, 1.165) is 16.7 Å². The molecule has 0 aliphatic carbocycles. The van der Waals surface area contributed by atoms with E-state index in [0.29, 0.717) is 22.3 Å². The highest BCUT2D eigenvalue weighted by atomic mass is 32.1. The van der Waals surface area contributed by atoms with Crippen molar-refractivity contribution in [2.24, 2.45) is 0 Å². The summed E-state index contributed by atoms with van der Waals surface area (Å²) in [5, 5.41) is 5.20. The predicted molar refractivity (Wildman–Crippen MR) is 125 cm³/mol. The van der Waals surface area contributed by atoms with Gasteiger partial charge in [-0.1, -0.05) is 24.3 Å². The molecule has 2 amide bonds. The molecule has 0 radical (unpaired) electrons. The normalized spacial score (nSPS) is 14.6. The molecule has 8 heteroatoms. The average molecular weight is 450 g/mol. The largest absolute Gasteiger partial charge is 0.497 e. The minimum Gasteiger partial charge on any atom is -0.497 e. The van der Waals surface area contributed by atoms with Gasteiger partial charge in [-0.05, 0) is 35.4 Å². The molecule has 2 heterocycles. The average Bonchev–Trinajstić information content (AvgIpc) is 3.26. The van der Waals surface area contributed by atoms with Gasteiger partial charge in [-0.25, -0.2) is 4.98 Å². The Bertz CT molecular complexity index is 1190. The maximum absolute atomic E-state index is 12.9. The Labute approximate surface area is 190 Å². The maximum Gasteiger partial charge on any atom is 0.228 e. The van der Waals surface area contributed by atoms with Crippen molar-refractivity contribution in [3.8, 4) is 22.8 Å². The molecule has 3 aromatic rings. The van der Waals surface area contributed by atoms with Gasteiger partial charge in [0.25, 0.3) is 0 Å². The second-order valence-electron chi connectivity index (χ2n) is 7.24. The summed E-state index contributed by atoms with van der Waals surface area (Å²) in [6, 6.07) is 12.9. The predicted octanol–water partition coefficient (Wildman–Crippen LogP) is 4.73. The lowest BCUT2D eigenvalue weighted by atomic mass is 9.93. The highest BCUT2D eigenvalue weighted by molar-refractivity contribution is 7.14. The number of rotatable bonds is 6. The molecule has 7 nitrogen and oxygen atoms in total. The van der Waals surface area contributed by atoms with Crippen molar-refractivity contribution in [2.45, 2.75) is 19.4 Å². The fourth-order valence-electron chi connectivity index (χ4n) is 3.73. The Hall–Kier alpha value is -3.65. The summed E-state index contributed by atoms with van der Waals surface area (Å²) >= 11 is 1.33. The lowest BCUT2D eigenvalue weighted by Crippen LogP contribution is -2.33. The molecule has 1 atom stereocenters. The van der Waals surface area contributed by atoms with Crippen molar-refractivity contribution in [2.75, 3.05) is 19.5 Å². The maximum atomic E-state index is 12.9. The summed E-state index contributed by atoms with van der Waals surface area (Å²) in [5.74, 6) is 1.02. The molecule has 0 saturated carbocycles. The van der Waals surface area contributed by atoms with E-state index in [1.54, 1.807) is 25.3 Å². The fraction of sp³-hybridized carbons (Fsp3) is 0.208. The third kappa shape index (κ3) is 4.36. The number of hydrogen-bond donors (Lipinski definition) is 1. The van der Waals surface area contributed by atoms with Crippen LogP contribution in [-0.4, -0.2) is 35.9 Å². The molecule has 0 fully saturated rings. The summed E-state index contributed by atoms with van der Waals surface area (Å²) in [5.41, 5.74) is 3.40. The van der Waals surface area contributed by atoms with Gasteiger partial charge in [0.1, 0.15) is 11.5 Å². The zero-order valence-electron chi connectivity index (χ0n) is 18.0. The number of hydrogen-bond acceptors (Lipinski definition) is 6. The summed E-state index contributed by atoms with van der Waals surface area (Å²) in [7, 11) is 3.19. The van der Waals surface area contributed by atoms with Gasteiger partial charge in [0.2, 0.25) is 11.8 Å². The SMILES string of the molecule is COc1ccc(OC)c(-c2csc(NC(=O)CC3c4ccccc4C=CN3C(C)=O)n2)c1. The van der Waals surface area contributed by atoms with Gasteiger partial charge in [0.05, 0.1) is 32.4 Å². The van der Waals surface area contributed by atoms with Gasteiger partial charge in [0, 0.05) is 24.1 Å². The second-order valence-corrected chi connectivity index (χ2v) is 8.10. The number of carbonyl (C=O) groups excluding carboxylic acids is 2. The highest BCUT2D eigenvalue weighted by Crippen LogP contribution is 2.36. The molecule has 4 rings (SSSR count). The van der Waals surface area contributed by atoms with Gasteiger partial charge in [0.15, 0.2) is 5.13 Å². The van der Waals surface area contributed by atoms with Gasteiger partial charge in [-0.2, -0.15) is 0 Å². The third-order valence-electron chi connectivity index (χ3n) is 5.28. The topological polar surface area (TPSA) is 80.8 Å². The van der Waals surface area contributed by atoms with Crippen LogP contribution in [0.15, 0.2) is 54.0 Å². The van der Waals surface area contributed by atoms with E-state index < -0.39 is 0 Å². The van der Waals surface area contributed by atoms with Crippen LogP contribution >= 0.6 is 11.3 Å². The van der Waals surface area contributed by atoms with Crippen molar-refractivity contribution in [1.82, 2.24) is 9.88 Å². The van der Waals surface area contributed by atoms with Crippen LogP contribution in [0.25, 0.3) is 17.3 Å². The molecule has 2 aromatic carbocycles. The molecule has 0 saturated heterocycles. The number of nitrogens with zero attached hydrogens (tertiary/aromatic N) is 2. The number of carbonyl (C=O) groups is 2. The fourth-order valence-corrected chi connectivity index (χ4v) is 4.45. The van der Waals surface area contributed by atoms with Crippen LogP contribution in [0.3, 0.4) is 0 Å². The molecular weight excluding hydrogens is 426 g/mol. The molecule has 1 N–H and O–H groups in total. The number of fused-ring (bicyclic) bond motifs is 1. The Balaban J connectivity index is 1.53. The van der Waals surface area contributed by atoms with Gasteiger partial charge < -0.3 is 19.7 Å². The van der Waals surface area contributed by atoms with E-state index in [9.17, 15) is 9.59 Å². The number of anilines is 1. The molecule has 164 valence electrons. The standard InChI is InChI=1S/C24H23N3O4S/c1-15(28)27-11-10-16-6-4-5-7-18(16)21(27)13-23(29)26-24-25-20(14-32-24)19-12-17(30-2)8-9-22(19)31-3/h4-12,14,21H,13H2,1-3H3,(H,25,26,29). The number of thiazole rings is 1. The second kappa shape index (κ2) is 9.23. The lowest BCUT2D eigenvalue weighted by Gasteiger charge is -2.32. The quantitative estimate of drug-likeness (QED) is 0.588. The molecular formula is C24H23N3O4S. The van der Waals surface area contributed by atoms with Crippen LogP contribution in [-0.2, 0) is 9.59 Å². The number of benzene rings is 2. The molecule has 0 bridgehead atoms. The van der Waals surface area contributed by atoms with Crippen molar-refractivity contribution in [3.63, 3.8) is 0 Å². The van der Waals surface area contributed by atoms with E-state index in [1.807, 2.05) is 53.9 Å².